The number of carboxylic acid groups (broad SMARTS) is 2. The van der Waals surface area contributed by atoms with Gasteiger partial charge in [-0.15, -0.1) is 0 Å². The molecule has 0 radical (unpaired) electrons. The van der Waals surface area contributed by atoms with Gasteiger partial charge in [0.05, 0.1) is 5.52 Å². The third-order valence-electron chi connectivity index (χ3n) is 5.58. The second-order valence-electron chi connectivity index (χ2n) is 8.61. The van der Waals surface area contributed by atoms with E-state index >= 15 is 0 Å². The summed E-state index contributed by atoms with van der Waals surface area (Å²) in [6.45, 7) is 3.25. The zero-order valence-electron chi connectivity index (χ0n) is 21.4. The predicted molar refractivity (Wildman–Crippen MR) is 138 cm³/mol. The highest BCUT2D eigenvalue weighted by Crippen LogP contribution is 2.24. The fourth-order valence-electron chi connectivity index (χ4n) is 3.45. The van der Waals surface area contributed by atoms with E-state index in [1.807, 2.05) is 30.3 Å². The number of aliphatic carboxylic acids is 2. The molecular weight excluding hydrogens is 648 g/mol. The van der Waals surface area contributed by atoms with Crippen LogP contribution in [0.1, 0.15) is 12.8 Å². The largest absolute Gasteiger partial charge is 0.492 e. The molecule has 42 heavy (non-hydrogen) atoms. The zero-order valence-corrected chi connectivity index (χ0v) is 23.0. The third-order valence-corrected chi connectivity index (χ3v) is 6.02. The van der Waals surface area contributed by atoms with Crippen LogP contribution in [0, 0.1) is 5.92 Å². The maximum Gasteiger partial charge on any atom is 0.490 e. The summed E-state index contributed by atoms with van der Waals surface area (Å²) in [5.41, 5.74) is 7.95. The Balaban J connectivity index is 0.000000367. The van der Waals surface area contributed by atoms with Crippen LogP contribution in [0.25, 0.3) is 22.6 Å². The molecule has 4 rings (SSSR count). The molecule has 5 N–H and O–H groups in total. The Morgan fingerprint density at radius 1 is 1.02 bits per heavy atom. The molecule has 11 nitrogen and oxygen atoms in total. The predicted octanol–water partition coefficient (Wildman–Crippen LogP) is 4.23. The number of imidazole rings is 1. The summed E-state index contributed by atoms with van der Waals surface area (Å²) in [6, 6.07) is 9.83. The number of hydrogen-bond acceptors (Lipinski definition) is 7. The van der Waals surface area contributed by atoms with Crippen molar-refractivity contribution in [2.75, 3.05) is 26.2 Å². The van der Waals surface area contributed by atoms with Crippen LogP contribution in [-0.2, 0) is 14.4 Å². The van der Waals surface area contributed by atoms with Gasteiger partial charge in [0, 0.05) is 28.7 Å². The number of pyridine rings is 1. The Morgan fingerprint density at radius 3 is 2.02 bits per heavy atom. The highest BCUT2D eigenvalue weighted by atomic mass is 79.9. The summed E-state index contributed by atoms with van der Waals surface area (Å²) in [4.78, 5) is 43.4. The number of alkyl halides is 6. The zero-order chi connectivity index (χ0) is 31.7. The topological polar surface area (TPSA) is 172 Å². The van der Waals surface area contributed by atoms with Crippen LogP contribution in [-0.4, -0.2) is 86.5 Å². The van der Waals surface area contributed by atoms with Gasteiger partial charge in [-0.25, -0.2) is 19.6 Å². The Bertz CT molecular complexity index is 1330. The lowest BCUT2D eigenvalue weighted by molar-refractivity contribution is -0.193. The quantitative estimate of drug-likeness (QED) is 0.280. The molecular formula is C24H24BrF6N5O6. The maximum atomic E-state index is 11.2. The lowest BCUT2D eigenvalue weighted by Crippen LogP contribution is -2.40. The smallest absolute Gasteiger partial charge is 0.490 e. The number of carbonyl (C=O) groups is 3. The number of amides is 1. The van der Waals surface area contributed by atoms with E-state index < -0.39 is 24.3 Å². The molecule has 0 bridgehead atoms. The van der Waals surface area contributed by atoms with Crippen molar-refractivity contribution in [2.24, 2.45) is 11.7 Å². The number of piperidine rings is 1. The number of H-pyrrole nitrogens is 1. The number of nitrogens with two attached hydrogens (primary N) is 1. The molecule has 3 heterocycles. The van der Waals surface area contributed by atoms with Crippen molar-refractivity contribution in [3.05, 3.63) is 41.0 Å². The highest BCUT2D eigenvalue weighted by molar-refractivity contribution is 9.10. The number of hydrogen-bond donors (Lipinski definition) is 4. The highest BCUT2D eigenvalue weighted by Gasteiger charge is 2.38. The van der Waals surface area contributed by atoms with E-state index in [-0.39, 0.29) is 11.8 Å². The number of likely N-dealkylation sites (tertiary alicyclic amines) is 1. The molecule has 0 spiro atoms. The van der Waals surface area contributed by atoms with Gasteiger partial charge in [-0.05, 0) is 72.2 Å². The Kier molecular flexibility index (Phi) is 12.1. The van der Waals surface area contributed by atoms with Crippen molar-refractivity contribution in [3.63, 3.8) is 0 Å². The van der Waals surface area contributed by atoms with Gasteiger partial charge in [-0.3, -0.25) is 9.69 Å². The molecule has 18 heteroatoms. The molecule has 0 unspecified atom stereocenters. The minimum absolute atomic E-state index is 0.0271. The molecule has 1 aliphatic heterocycles. The van der Waals surface area contributed by atoms with Crippen molar-refractivity contribution in [1.29, 1.82) is 0 Å². The van der Waals surface area contributed by atoms with Crippen LogP contribution >= 0.6 is 15.9 Å². The second-order valence-corrected chi connectivity index (χ2v) is 9.52. The van der Waals surface area contributed by atoms with Crippen molar-refractivity contribution in [2.45, 2.75) is 25.2 Å². The first-order valence-corrected chi connectivity index (χ1v) is 12.6. The summed E-state index contributed by atoms with van der Waals surface area (Å²) >= 11 is 3.42. The van der Waals surface area contributed by atoms with Crippen LogP contribution in [0.3, 0.4) is 0 Å². The van der Waals surface area contributed by atoms with Gasteiger partial charge in [0.1, 0.15) is 18.2 Å². The van der Waals surface area contributed by atoms with Gasteiger partial charge >= 0.3 is 24.3 Å². The fraction of sp³-hybridized carbons (Fsp3) is 0.375. The lowest BCUT2D eigenvalue weighted by atomic mass is 9.96. The number of aromatic nitrogens is 3. The second kappa shape index (κ2) is 14.8. The number of rotatable bonds is 6. The number of carboxylic acids is 2. The monoisotopic (exact) mass is 671 g/mol. The molecule has 1 aromatic carbocycles. The van der Waals surface area contributed by atoms with Crippen molar-refractivity contribution >= 4 is 44.9 Å². The normalized spacial score (nSPS) is 14.3. The number of ether oxygens (including phenoxy) is 1. The van der Waals surface area contributed by atoms with E-state index in [0.717, 1.165) is 59.6 Å². The van der Waals surface area contributed by atoms with E-state index in [1.165, 1.54) is 0 Å². The molecule has 2 aromatic heterocycles. The van der Waals surface area contributed by atoms with Crippen LogP contribution in [0.2, 0.25) is 0 Å². The summed E-state index contributed by atoms with van der Waals surface area (Å²) in [6.07, 6.45) is -6.75. The fourth-order valence-corrected chi connectivity index (χ4v) is 3.79. The number of fused-ring (bicyclic) bond motifs is 1. The van der Waals surface area contributed by atoms with Gasteiger partial charge in [0.2, 0.25) is 5.91 Å². The molecule has 0 saturated carbocycles. The number of carbonyl (C=O) groups excluding carboxylic acids is 1. The van der Waals surface area contributed by atoms with E-state index in [4.69, 9.17) is 30.3 Å². The van der Waals surface area contributed by atoms with Crippen LogP contribution < -0.4 is 10.5 Å². The first kappa shape index (κ1) is 34.3. The number of nitrogens with zero attached hydrogens (tertiary/aromatic N) is 3. The molecule has 1 aliphatic rings. The third kappa shape index (κ3) is 11.2. The lowest BCUT2D eigenvalue weighted by Gasteiger charge is -2.30. The van der Waals surface area contributed by atoms with Crippen molar-refractivity contribution in [1.82, 2.24) is 19.9 Å². The Morgan fingerprint density at radius 2 is 1.55 bits per heavy atom. The molecule has 1 amide bonds. The first-order chi connectivity index (χ1) is 19.5. The molecule has 0 atom stereocenters. The van der Waals surface area contributed by atoms with Gasteiger partial charge in [-0.1, -0.05) is 0 Å². The summed E-state index contributed by atoms with van der Waals surface area (Å²) in [5, 5.41) is 14.2. The van der Waals surface area contributed by atoms with E-state index in [2.05, 4.69) is 35.8 Å². The van der Waals surface area contributed by atoms with Crippen LogP contribution in [0.15, 0.2) is 41.0 Å². The Hall–Kier alpha value is -3.93. The molecule has 1 saturated heterocycles. The molecule has 230 valence electrons. The van der Waals surface area contributed by atoms with Crippen molar-refractivity contribution in [3.8, 4) is 17.1 Å². The molecule has 0 aliphatic carbocycles. The first-order valence-electron chi connectivity index (χ1n) is 11.8. The number of nitrogens with one attached hydrogen (secondary N) is 1. The minimum Gasteiger partial charge on any atom is -0.492 e. The van der Waals surface area contributed by atoms with Gasteiger partial charge < -0.3 is 25.7 Å². The SMILES string of the molecule is NC(=O)C1CCN(CCOc2ccc(-c3nc4ncc(Br)cc4[nH]3)cc2)CC1.O=C(O)C(F)(F)F.O=C(O)C(F)(F)F. The van der Waals surface area contributed by atoms with E-state index in [1.54, 1.807) is 6.20 Å². The van der Waals surface area contributed by atoms with Gasteiger partial charge in [0.25, 0.3) is 0 Å². The summed E-state index contributed by atoms with van der Waals surface area (Å²) in [7, 11) is 0. The van der Waals surface area contributed by atoms with Crippen molar-refractivity contribution < 1.29 is 55.7 Å². The van der Waals surface area contributed by atoms with E-state index in [9.17, 15) is 31.1 Å². The average molecular weight is 672 g/mol. The van der Waals surface area contributed by atoms with Gasteiger partial charge in [0.15, 0.2) is 5.65 Å². The summed E-state index contributed by atoms with van der Waals surface area (Å²) in [5.74, 6) is -4.06. The van der Waals surface area contributed by atoms with Gasteiger partial charge in [-0.2, -0.15) is 26.3 Å². The average Bonchev–Trinajstić information content (AvgIpc) is 3.32. The van der Waals surface area contributed by atoms with Crippen LogP contribution in [0.4, 0.5) is 26.3 Å². The standard InChI is InChI=1S/C20H22BrN5O2.2C2HF3O2/c21-15-11-17-20(23-12-15)25-19(24-17)14-1-3-16(4-2-14)28-10-9-26-7-5-13(6-8-26)18(22)27;2*3-2(4,5)1(6)7/h1-4,11-13H,5-10H2,(H2,22,27)(H,23,24,25);2*(H,6,7). The number of aromatic amines is 1. The number of benzene rings is 1. The number of primary amides is 1. The maximum absolute atomic E-state index is 11.2. The number of halogens is 7. The molecule has 1 fully saturated rings. The minimum atomic E-state index is -5.08. The molecule has 3 aromatic rings. The van der Waals surface area contributed by atoms with Crippen LogP contribution in [0.5, 0.6) is 5.75 Å². The Labute approximate surface area is 241 Å². The summed E-state index contributed by atoms with van der Waals surface area (Å²) < 4.78 is 70.3. The van der Waals surface area contributed by atoms with E-state index in [0.29, 0.717) is 12.3 Å².